The molecule has 0 radical (unpaired) electrons. The van der Waals surface area contributed by atoms with Gasteiger partial charge in [0.15, 0.2) is 5.75 Å². The summed E-state index contributed by atoms with van der Waals surface area (Å²) in [4.78, 5) is 15.6. The minimum Gasteiger partial charge on any atom is -0.439 e. The Morgan fingerprint density at radius 1 is 1.38 bits per heavy atom. The third-order valence-electron chi connectivity index (χ3n) is 4.55. The molecule has 0 amide bonds. The van der Waals surface area contributed by atoms with Crippen molar-refractivity contribution in [2.45, 2.75) is 12.8 Å². The Kier molecular flexibility index (Phi) is 3.34. The van der Waals surface area contributed by atoms with Gasteiger partial charge in [-0.15, -0.1) is 0 Å². The second-order valence-electron chi connectivity index (χ2n) is 6.11. The van der Waals surface area contributed by atoms with Gasteiger partial charge in [-0.25, -0.2) is 4.39 Å². The summed E-state index contributed by atoms with van der Waals surface area (Å²) in [5.41, 5.74) is 7.65. The summed E-state index contributed by atoms with van der Waals surface area (Å²) < 4.78 is 20.6. The number of fused-ring (bicyclic) bond motifs is 3. The Balaban J connectivity index is 2.11. The van der Waals surface area contributed by atoms with Crippen molar-refractivity contribution < 1.29 is 9.13 Å². The maximum absolute atomic E-state index is 13.3. The number of nitrogens with zero attached hydrogens (tertiary/aromatic N) is 3. The van der Waals surface area contributed by atoms with Gasteiger partial charge in [0.1, 0.15) is 23.1 Å². The molecule has 0 aliphatic carbocycles. The molecule has 1 aliphatic rings. The molecule has 8 heteroatoms. The second-order valence-corrected chi connectivity index (χ2v) is 6.11. The molecule has 0 fully saturated rings. The van der Waals surface area contributed by atoms with E-state index in [2.05, 4.69) is 10.1 Å². The smallest absolute Gasteiger partial charge is 0.257 e. The molecule has 2 aromatic heterocycles. The van der Waals surface area contributed by atoms with E-state index >= 15 is 0 Å². The van der Waals surface area contributed by atoms with Crippen molar-refractivity contribution in [2.24, 2.45) is 12.8 Å². The summed E-state index contributed by atoms with van der Waals surface area (Å²) in [5.74, 6) is -0.967. The van der Waals surface area contributed by atoms with Gasteiger partial charge in [-0.3, -0.25) is 9.48 Å². The van der Waals surface area contributed by atoms with E-state index < -0.39 is 17.3 Å². The quantitative estimate of drug-likeness (QED) is 0.696. The van der Waals surface area contributed by atoms with Crippen LogP contribution in [0.2, 0.25) is 0 Å². The van der Waals surface area contributed by atoms with Crippen molar-refractivity contribution in [3.8, 4) is 11.8 Å². The maximum atomic E-state index is 13.3. The fourth-order valence-electron chi connectivity index (χ4n) is 3.41. The summed E-state index contributed by atoms with van der Waals surface area (Å²) >= 11 is 0. The number of aryl methyl sites for hydroxylation is 2. The van der Waals surface area contributed by atoms with Gasteiger partial charge in [-0.05, 0) is 24.6 Å². The first-order valence-electron chi connectivity index (χ1n) is 7.85. The highest BCUT2D eigenvalue weighted by molar-refractivity contribution is 5.87. The van der Waals surface area contributed by atoms with Gasteiger partial charge in [0.2, 0.25) is 5.88 Å². The molecule has 0 bridgehead atoms. The maximum Gasteiger partial charge on any atom is 0.257 e. The third-order valence-corrected chi connectivity index (χ3v) is 4.55. The van der Waals surface area contributed by atoms with E-state index in [1.54, 1.807) is 18.7 Å². The normalized spacial score (nSPS) is 16.3. The number of nitrogens with two attached hydrogens (primary N) is 1. The number of nitrogens with one attached hydrogen (secondary N) is 1. The van der Waals surface area contributed by atoms with E-state index in [4.69, 9.17) is 10.5 Å². The van der Waals surface area contributed by atoms with Gasteiger partial charge in [0, 0.05) is 7.05 Å². The Hall–Kier alpha value is -3.60. The van der Waals surface area contributed by atoms with Crippen LogP contribution in [0.3, 0.4) is 0 Å². The zero-order chi connectivity index (χ0) is 18.6. The van der Waals surface area contributed by atoms with Crippen molar-refractivity contribution >= 4 is 11.0 Å². The number of pyridine rings is 1. The Morgan fingerprint density at radius 3 is 2.73 bits per heavy atom. The molecule has 26 heavy (non-hydrogen) atoms. The van der Waals surface area contributed by atoms with Crippen molar-refractivity contribution in [1.82, 2.24) is 14.8 Å². The lowest BCUT2D eigenvalue weighted by atomic mass is 9.83. The zero-order valence-electron chi connectivity index (χ0n) is 14.0. The molecule has 0 saturated heterocycles. The monoisotopic (exact) mass is 351 g/mol. The Labute approximate surface area is 147 Å². The minimum atomic E-state index is -0.753. The first kappa shape index (κ1) is 15.9. The molecule has 0 spiro atoms. The van der Waals surface area contributed by atoms with E-state index in [-0.39, 0.29) is 22.8 Å². The molecule has 4 rings (SSSR count). The van der Waals surface area contributed by atoms with E-state index in [0.29, 0.717) is 22.3 Å². The summed E-state index contributed by atoms with van der Waals surface area (Å²) in [5, 5.41) is 14.5. The number of nitriles is 1. The first-order valence-corrected chi connectivity index (χ1v) is 7.85. The summed E-state index contributed by atoms with van der Waals surface area (Å²) in [6, 6.07) is 7.62. The average molecular weight is 351 g/mol. The number of aromatic amines is 1. The van der Waals surface area contributed by atoms with E-state index in [1.807, 2.05) is 6.07 Å². The Bertz CT molecular complexity index is 1180. The number of halogens is 1. The van der Waals surface area contributed by atoms with Crippen LogP contribution in [-0.2, 0) is 7.05 Å². The number of aromatic nitrogens is 3. The van der Waals surface area contributed by atoms with Crippen LogP contribution in [0.4, 0.5) is 4.39 Å². The predicted molar refractivity (Wildman–Crippen MR) is 91.8 cm³/mol. The third kappa shape index (κ3) is 2.10. The lowest BCUT2D eigenvalue weighted by molar-refractivity contribution is 0.396. The number of benzene rings is 1. The largest absolute Gasteiger partial charge is 0.439 e. The summed E-state index contributed by atoms with van der Waals surface area (Å²) in [7, 11) is 1.71. The van der Waals surface area contributed by atoms with Crippen LogP contribution < -0.4 is 16.0 Å². The van der Waals surface area contributed by atoms with Crippen molar-refractivity contribution in [2.75, 3.05) is 0 Å². The van der Waals surface area contributed by atoms with Gasteiger partial charge >= 0.3 is 0 Å². The highest BCUT2D eigenvalue weighted by atomic mass is 19.1. The van der Waals surface area contributed by atoms with E-state index in [9.17, 15) is 14.4 Å². The average Bonchev–Trinajstić information content (AvgIpc) is 2.88. The van der Waals surface area contributed by atoms with Gasteiger partial charge in [0.25, 0.3) is 5.56 Å². The second kappa shape index (κ2) is 5.46. The fraction of sp³-hybridized carbons (Fsp3) is 0.167. The van der Waals surface area contributed by atoms with Gasteiger partial charge in [0.05, 0.1) is 22.6 Å². The molecule has 1 aromatic carbocycles. The molecular formula is C18H14FN5O2. The number of rotatable bonds is 1. The Morgan fingerprint density at radius 2 is 2.08 bits per heavy atom. The predicted octanol–water partition coefficient (Wildman–Crippen LogP) is 1.93. The zero-order valence-corrected chi connectivity index (χ0v) is 14.0. The molecule has 3 aromatic rings. The topological polar surface area (TPSA) is 110 Å². The molecule has 130 valence electrons. The van der Waals surface area contributed by atoms with E-state index in [1.165, 1.54) is 24.3 Å². The molecule has 3 N–H and O–H groups in total. The number of H-pyrrole nitrogens is 1. The number of hydrogen-bond donors (Lipinski definition) is 2. The molecular weight excluding hydrogens is 337 g/mol. The number of hydrogen-bond acceptors (Lipinski definition) is 5. The van der Waals surface area contributed by atoms with Crippen LogP contribution in [0, 0.1) is 24.1 Å². The SMILES string of the molecule is Cc1nn(C)c2[nH]c(=O)c3c(c12)OC(N)=C(C#N)C3c1ccc(F)cc1. The number of allylic oxidation sites excluding steroid dienone is 1. The molecule has 1 atom stereocenters. The highest BCUT2D eigenvalue weighted by Gasteiger charge is 2.35. The lowest BCUT2D eigenvalue weighted by Crippen LogP contribution is -2.28. The minimum absolute atomic E-state index is 0.0792. The van der Waals surface area contributed by atoms with Crippen LogP contribution in [0.5, 0.6) is 5.75 Å². The van der Waals surface area contributed by atoms with Crippen molar-refractivity contribution in [3.63, 3.8) is 0 Å². The highest BCUT2D eigenvalue weighted by Crippen LogP contribution is 2.43. The van der Waals surface area contributed by atoms with Gasteiger partial charge in [-0.2, -0.15) is 10.4 Å². The van der Waals surface area contributed by atoms with Crippen LogP contribution in [-0.4, -0.2) is 14.8 Å². The van der Waals surface area contributed by atoms with Crippen LogP contribution in [0.15, 0.2) is 40.5 Å². The van der Waals surface area contributed by atoms with Crippen LogP contribution in [0.25, 0.3) is 11.0 Å². The molecule has 7 nitrogen and oxygen atoms in total. The first-order chi connectivity index (χ1) is 12.4. The lowest BCUT2D eigenvalue weighted by Gasteiger charge is -2.26. The van der Waals surface area contributed by atoms with Gasteiger partial charge in [-0.1, -0.05) is 12.1 Å². The summed E-state index contributed by atoms with van der Waals surface area (Å²) in [6.45, 7) is 1.79. The van der Waals surface area contributed by atoms with Crippen LogP contribution >= 0.6 is 0 Å². The standard InChI is InChI=1S/C18H14FN5O2/c1-8-12-15-14(18(25)22-17(12)24(2)23-8)13(11(7-20)16(21)26-15)9-3-5-10(19)6-4-9/h3-6,13H,21H2,1-2H3,(H,22,25). The van der Waals surface area contributed by atoms with Gasteiger partial charge < -0.3 is 15.5 Å². The van der Waals surface area contributed by atoms with Crippen LogP contribution in [0.1, 0.15) is 22.7 Å². The molecule has 0 saturated carbocycles. The fourth-order valence-corrected chi connectivity index (χ4v) is 3.41. The van der Waals surface area contributed by atoms with Crippen molar-refractivity contribution in [1.29, 1.82) is 5.26 Å². The molecule has 3 heterocycles. The molecule has 1 unspecified atom stereocenters. The van der Waals surface area contributed by atoms with E-state index in [0.717, 1.165) is 0 Å². The van der Waals surface area contributed by atoms with Crippen molar-refractivity contribution in [3.05, 3.63) is 68.7 Å². The summed E-state index contributed by atoms with van der Waals surface area (Å²) in [6.07, 6.45) is 0. The number of ether oxygens (including phenoxy) is 1. The molecule has 1 aliphatic heterocycles.